The lowest BCUT2D eigenvalue weighted by atomic mass is 9.94. The topological polar surface area (TPSA) is 52.7 Å². The number of amides is 1. The van der Waals surface area contributed by atoms with Gasteiger partial charge >= 0.3 is 0 Å². The normalized spacial score (nSPS) is 15.4. The SMILES string of the molecule is CCc1cc(NC(=O)c2ccc(CN3CCN(C)CC3)cc2)ccc1C(=O)C(C)C. The summed E-state index contributed by atoms with van der Waals surface area (Å²) in [6.07, 6.45) is 0.749. The monoisotopic (exact) mass is 407 g/mol. The Labute approximate surface area is 180 Å². The van der Waals surface area contributed by atoms with Crippen molar-refractivity contribution in [1.29, 1.82) is 0 Å². The summed E-state index contributed by atoms with van der Waals surface area (Å²) in [5.74, 6) is -0.0353. The van der Waals surface area contributed by atoms with Crippen LogP contribution >= 0.6 is 0 Å². The number of hydrogen-bond donors (Lipinski definition) is 1. The standard InChI is InChI=1S/C25H33N3O2/c1-5-20-16-22(10-11-23(20)24(29)18(2)3)26-25(30)21-8-6-19(7-9-21)17-28-14-12-27(4)13-15-28/h6-11,16,18H,5,12-15,17H2,1-4H3,(H,26,30). The first kappa shape index (κ1) is 22.2. The van der Waals surface area contributed by atoms with Crippen molar-refractivity contribution in [3.8, 4) is 0 Å². The number of carbonyl (C=O) groups excluding carboxylic acids is 2. The van der Waals surface area contributed by atoms with E-state index in [1.54, 1.807) is 0 Å². The molecule has 1 N–H and O–H groups in total. The third-order valence-electron chi connectivity index (χ3n) is 5.75. The first-order chi connectivity index (χ1) is 14.4. The number of nitrogens with one attached hydrogen (secondary N) is 1. The number of nitrogens with zero attached hydrogens (tertiary/aromatic N) is 2. The minimum absolute atomic E-state index is 0.0416. The summed E-state index contributed by atoms with van der Waals surface area (Å²) in [6.45, 7) is 11.1. The van der Waals surface area contributed by atoms with Gasteiger partial charge in [-0.25, -0.2) is 0 Å². The largest absolute Gasteiger partial charge is 0.322 e. The molecule has 3 rings (SSSR count). The molecule has 0 bridgehead atoms. The van der Waals surface area contributed by atoms with E-state index in [1.165, 1.54) is 5.56 Å². The first-order valence-corrected chi connectivity index (χ1v) is 10.9. The van der Waals surface area contributed by atoms with Crippen LogP contribution in [0.3, 0.4) is 0 Å². The van der Waals surface area contributed by atoms with Gasteiger partial charge in [-0.05, 0) is 54.9 Å². The molecule has 1 heterocycles. The van der Waals surface area contributed by atoms with Crippen molar-refractivity contribution in [1.82, 2.24) is 9.80 Å². The van der Waals surface area contributed by atoms with Gasteiger partial charge in [-0.1, -0.05) is 32.9 Å². The molecule has 160 valence electrons. The Bertz CT molecular complexity index is 882. The zero-order valence-electron chi connectivity index (χ0n) is 18.6. The Hall–Kier alpha value is -2.50. The molecule has 0 aliphatic carbocycles. The highest BCUT2D eigenvalue weighted by Crippen LogP contribution is 2.21. The van der Waals surface area contributed by atoms with Gasteiger partial charge in [-0.15, -0.1) is 0 Å². The fourth-order valence-electron chi connectivity index (χ4n) is 3.74. The molecule has 1 saturated heterocycles. The molecule has 1 aliphatic heterocycles. The van der Waals surface area contributed by atoms with Crippen molar-refractivity contribution in [2.24, 2.45) is 5.92 Å². The van der Waals surface area contributed by atoms with Crippen LogP contribution in [-0.4, -0.2) is 54.7 Å². The van der Waals surface area contributed by atoms with Gasteiger partial charge in [0.05, 0.1) is 0 Å². The lowest BCUT2D eigenvalue weighted by Crippen LogP contribution is -2.43. The second-order valence-electron chi connectivity index (χ2n) is 8.47. The minimum atomic E-state index is -0.133. The summed E-state index contributed by atoms with van der Waals surface area (Å²) in [4.78, 5) is 29.9. The quantitative estimate of drug-likeness (QED) is 0.703. The van der Waals surface area contributed by atoms with E-state index in [9.17, 15) is 9.59 Å². The zero-order chi connectivity index (χ0) is 21.7. The van der Waals surface area contributed by atoms with Gasteiger partial charge in [0.2, 0.25) is 0 Å². The van der Waals surface area contributed by atoms with E-state index in [0.717, 1.165) is 56.0 Å². The minimum Gasteiger partial charge on any atom is -0.322 e. The van der Waals surface area contributed by atoms with Crippen molar-refractivity contribution >= 4 is 17.4 Å². The first-order valence-electron chi connectivity index (χ1n) is 10.9. The molecule has 5 heteroatoms. The van der Waals surface area contributed by atoms with Crippen molar-refractivity contribution in [3.05, 3.63) is 64.7 Å². The Morgan fingerprint density at radius 1 is 1.00 bits per heavy atom. The van der Waals surface area contributed by atoms with Crippen LogP contribution in [0.5, 0.6) is 0 Å². The maximum absolute atomic E-state index is 12.7. The van der Waals surface area contributed by atoms with Crippen LogP contribution in [-0.2, 0) is 13.0 Å². The van der Waals surface area contributed by atoms with E-state index in [2.05, 4.69) is 22.2 Å². The maximum Gasteiger partial charge on any atom is 0.255 e. The predicted molar refractivity (Wildman–Crippen MR) is 122 cm³/mol. The zero-order valence-corrected chi connectivity index (χ0v) is 18.6. The summed E-state index contributed by atoms with van der Waals surface area (Å²) in [5, 5.41) is 2.97. The van der Waals surface area contributed by atoms with E-state index >= 15 is 0 Å². The number of anilines is 1. The molecule has 0 aromatic heterocycles. The van der Waals surface area contributed by atoms with Gasteiger partial charge in [0.1, 0.15) is 0 Å². The molecule has 2 aromatic rings. The van der Waals surface area contributed by atoms with Crippen molar-refractivity contribution in [2.75, 3.05) is 38.5 Å². The van der Waals surface area contributed by atoms with Crippen molar-refractivity contribution in [2.45, 2.75) is 33.7 Å². The molecular weight excluding hydrogens is 374 g/mol. The second-order valence-corrected chi connectivity index (χ2v) is 8.47. The Morgan fingerprint density at radius 3 is 2.27 bits per heavy atom. The average Bonchev–Trinajstić information content (AvgIpc) is 2.75. The maximum atomic E-state index is 12.7. The molecule has 0 unspecified atom stereocenters. The molecular formula is C25H33N3O2. The summed E-state index contributed by atoms with van der Waals surface area (Å²) in [6, 6.07) is 13.4. The number of hydrogen-bond acceptors (Lipinski definition) is 4. The molecule has 1 aliphatic rings. The van der Waals surface area contributed by atoms with Crippen LogP contribution in [0.2, 0.25) is 0 Å². The highest BCUT2D eigenvalue weighted by Gasteiger charge is 2.16. The van der Waals surface area contributed by atoms with Crippen molar-refractivity contribution in [3.63, 3.8) is 0 Å². The summed E-state index contributed by atoms with van der Waals surface area (Å²) in [7, 11) is 2.16. The van der Waals surface area contributed by atoms with E-state index in [1.807, 2.05) is 63.2 Å². The lowest BCUT2D eigenvalue weighted by Gasteiger charge is -2.32. The third-order valence-corrected chi connectivity index (χ3v) is 5.75. The van der Waals surface area contributed by atoms with Crippen LogP contribution < -0.4 is 5.32 Å². The van der Waals surface area contributed by atoms with Gasteiger partial charge in [0, 0.05) is 55.5 Å². The van der Waals surface area contributed by atoms with Gasteiger partial charge < -0.3 is 10.2 Å². The highest BCUT2D eigenvalue weighted by atomic mass is 16.1. The van der Waals surface area contributed by atoms with E-state index in [0.29, 0.717) is 5.56 Å². The molecule has 0 atom stereocenters. The van der Waals surface area contributed by atoms with Gasteiger partial charge in [-0.3, -0.25) is 14.5 Å². The van der Waals surface area contributed by atoms with E-state index < -0.39 is 0 Å². The number of rotatable bonds is 7. The third kappa shape index (κ3) is 5.55. The molecule has 0 radical (unpaired) electrons. The molecule has 2 aromatic carbocycles. The number of likely N-dealkylation sites (N-methyl/N-ethyl adjacent to an activating group) is 1. The Balaban J connectivity index is 1.63. The number of piperazine rings is 1. The fourth-order valence-corrected chi connectivity index (χ4v) is 3.74. The summed E-state index contributed by atoms with van der Waals surface area (Å²) >= 11 is 0. The molecule has 0 spiro atoms. The highest BCUT2D eigenvalue weighted by molar-refractivity contribution is 6.05. The molecule has 5 nitrogen and oxygen atoms in total. The van der Waals surface area contributed by atoms with Crippen LogP contribution in [0.25, 0.3) is 0 Å². The number of carbonyl (C=O) groups is 2. The summed E-state index contributed by atoms with van der Waals surface area (Å²) in [5.41, 5.74) is 4.30. The van der Waals surface area contributed by atoms with Gasteiger partial charge in [0.15, 0.2) is 5.78 Å². The van der Waals surface area contributed by atoms with E-state index in [-0.39, 0.29) is 17.6 Å². The Morgan fingerprint density at radius 2 is 1.67 bits per heavy atom. The predicted octanol–water partition coefficient (Wildman–Crippen LogP) is 4.09. The smallest absolute Gasteiger partial charge is 0.255 e. The van der Waals surface area contributed by atoms with Crippen LogP contribution in [0, 0.1) is 5.92 Å². The van der Waals surface area contributed by atoms with Crippen molar-refractivity contribution < 1.29 is 9.59 Å². The molecule has 1 fully saturated rings. The number of ketones is 1. The lowest BCUT2D eigenvalue weighted by molar-refractivity contribution is 0.0938. The van der Waals surface area contributed by atoms with Crippen LogP contribution in [0.1, 0.15) is 52.6 Å². The Kier molecular flexibility index (Phi) is 7.40. The van der Waals surface area contributed by atoms with Crippen LogP contribution in [0.4, 0.5) is 5.69 Å². The number of aryl methyl sites for hydroxylation is 1. The number of Topliss-reactive ketones (excluding diaryl/α,β-unsaturated/α-hetero) is 1. The van der Waals surface area contributed by atoms with Gasteiger partial charge in [0.25, 0.3) is 5.91 Å². The second kappa shape index (κ2) is 10.0. The molecule has 30 heavy (non-hydrogen) atoms. The summed E-state index contributed by atoms with van der Waals surface area (Å²) < 4.78 is 0. The average molecular weight is 408 g/mol. The van der Waals surface area contributed by atoms with Crippen LogP contribution in [0.15, 0.2) is 42.5 Å². The van der Waals surface area contributed by atoms with Gasteiger partial charge in [-0.2, -0.15) is 0 Å². The number of benzene rings is 2. The fraction of sp³-hybridized carbons (Fsp3) is 0.440. The molecule has 0 saturated carbocycles. The molecule has 1 amide bonds. The van der Waals surface area contributed by atoms with E-state index in [4.69, 9.17) is 0 Å².